The second kappa shape index (κ2) is 6.72. The highest BCUT2D eigenvalue weighted by atomic mass is 79.9. The van der Waals surface area contributed by atoms with E-state index in [1.54, 1.807) is 20.1 Å². The first-order valence-electron chi connectivity index (χ1n) is 6.20. The van der Waals surface area contributed by atoms with Crippen LogP contribution in [0, 0.1) is 0 Å². The summed E-state index contributed by atoms with van der Waals surface area (Å²) in [6.07, 6.45) is -0.597. The molecule has 0 bridgehead atoms. The van der Waals surface area contributed by atoms with E-state index < -0.39 is 6.10 Å². The van der Waals surface area contributed by atoms with Crippen molar-refractivity contribution in [3.05, 3.63) is 52.1 Å². The summed E-state index contributed by atoms with van der Waals surface area (Å²) in [5.74, 6) is 1.20. The maximum atomic E-state index is 9.77. The Bertz CT molecular complexity index is 587. The maximum absolute atomic E-state index is 9.77. The molecular weight excluding hydrogens is 322 g/mol. The molecule has 1 aromatic heterocycles. The molecular formula is C15H16BrNO3. The number of aliphatic hydroxyl groups excluding tert-OH is 1. The molecule has 0 saturated carbocycles. The number of hydrogen-bond donors (Lipinski definition) is 1. The van der Waals surface area contributed by atoms with Gasteiger partial charge in [-0.05, 0) is 31.2 Å². The second-order valence-corrected chi connectivity index (χ2v) is 5.23. The Morgan fingerprint density at radius 2 is 2.10 bits per heavy atom. The van der Waals surface area contributed by atoms with Crippen molar-refractivity contribution in [3.8, 4) is 11.6 Å². The number of aromatic nitrogens is 1. The van der Waals surface area contributed by atoms with Crippen molar-refractivity contribution in [1.29, 1.82) is 0 Å². The van der Waals surface area contributed by atoms with Crippen LogP contribution in [0.25, 0.3) is 0 Å². The highest BCUT2D eigenvalue weighted by Gasteiger charge is 2.10. The zero-order chi connectivity index (χ0) is 14.5. The number of pyridine rings is 1. The number of hydrogen-bond acceptors (Lipinski definition) is 4. The highest BCUT2D eigenvalue weighted by Crippen LogP contribution is 2.29. The summed E-state index contributed by atoms with van der Waals surface area (Å²) in [5, 5.41) is 9.77. The van der Waals surface area contributed by atoms with Crippen LogP contribution in [0.4, 0.5) is 0 Å². The number of halogens is 1. The fraction of sp³-hybridized carbons (Fsp3) is 0.267. The smallest absolute Gasteiger partial charge is 0.213 e. The van der Waals surface area contributed by atoms with Crippen LogP contribution in [0.2, 0.25) is 0 Å². The summed E-state index contributed by atoms with van der Waals surface area (Å²) in [6, 6.07) is 11.1. The average molecular weight is 338 g/mol. The summed E-state index contributed by atoms with van der Waals surface area (Å²) in [7, 11) is 1.58. The van der Waals surface area contributed by atoms with Crippen LogP contribution in [-0.2, 0) is 6.61 Å². The van der Waals surface area contributed by atoms with E-state index >= 15 is 0 Å². The molecule has 0 aliphatic heterocycles. The third-order valence-corrected chi connectivity index (χ3v) is 3.28. The minimum atomic E-state index is -0.597. The van der Waals surface area contributed by atoms with Crippen LogP contribution in [-0.4, -0.2) is 17.2 Å². The van der Waals surface area contributed by atoms with E-state index in [4.69, 9.17) is 9.47 Å². The van der Waals surface area contributed by atoms with Crippen molar-refractivity contribution < 1.29 is 14.6 Å². The molecule has 0 saturated heterocycles. The lowest BCUT2D eigenvalue weighted by Gasteiger charge is -2.14. The van der Waals surface area contributed by atoms with Gasteiger partial charge in [0.15, 0.2) is 0 Å². The minimum absolute atomic E-state index is 0.318. The monoisotopic (exact) mass is 337 g/mol. The molecule has 0 spiro atoms. The molecule has 0 aliphatic carbocycles. The van der Waals surface area contributed by atoms with Crippen molar-refractivity contribution >= 4 is 15.9 Å². The normalized spacial score (nSPS) is 12.0. The predicted molar refractivity (Wildman–Crippen MR) is 79.9 cm³/mol. The topological polar surface area (TPSA) is 51.6 Å². The molecule has 1 aromatic carbocycles. The van der Waals surface area contributed by atoms with Crippen molar-refractivity contribution in [2.24, 2.45) is 0 Å². The predicted octanol–water partition coefficient (Wildman–Crippen LogP) is 3.49. The molecule has 20 heavy (non-hydrogen) atoms. The van der Waals surface area contributed by atoms with Crippen LogP contribution >= 0.6 is 15.9 Å². The van der Waals surface area contributed by atoms with Gasteiger partial charge in [-0.3, -0.25) is 0 Å². The van der Waals surface area contributed by atoms with E-state index in [-0.39, 0.29) is 0 Å². The Hall–Kier alpha value is -1.59. The lowest BCUT2D eigenvalue weighted by molar-refractivity contribution is 0.189. The highest BCUT2D eigenvalue weighted by molar-refractivity contribution is 9.10. The van der Waals surface area contributed by atoms with Crippen molar-refractivity contribution in [1.82, 2.24) is 4.98 Å². The van der Waals surface area contributed by atoms with E-state index in [9.17, 15) is 5.11 Å². The van der Waals surface area contributed by atoms with Crippen LogP contribution in [0.3, 0.4) is 0 Å². The van der Waals surface area contributed by atoms with E-state index in [1.807, 2.05) is 30.3 Å². The molecule has 0 radical (unpaired) electrons. The number of methoxy groups -OCH3 is 1. The summed E-state index contributed by atoms with van der Waals surface area (Å²) in [4.78, 5) is 4.28. The summed E-state index contributed by atoms with van der Waals surface area (Å²) >= 11 is 3.38. The first-order chi connectivity index (χ1) is 9.60. The number of nitrogens with zero attached hydrogens (tertiary/aromatic N) is 1. The van der Waals surface area contributed by atoms with Gasteiger partial charge in [0, 0.05) is 16.1 Å². The van der Waals surface area contributed by atoms with Crippen molar-refractivity contribution in [2.45, 2.75) is 19.6 Å². The molecule has 5 heteroatoms. The van der Waals surface area contributed by atoms with Gasteiger partial charge in [-0.2, -0.15) is 0 Å². The number of ether oxygens (including phenoxy) is 2. The van der Waals surface area contributed by atoms with Gasteiger partial charge in [-0.1, -0.05) is 22.0 Å². The Labute approximate surface area is 126 Å². The Morgan fingerprint density at radius 1 is 1.30 bits per heavy atom. The molecule has 0 fully saturated rings. The molecule has 1 N–H and O–H groups in total. The molecule has 1 heterocycles. The molecule has 1 atom stereocenters. The Kier molecular flexibility index (Phi) is 4.98. The molecule has 2 aromatic rings. The number of benzene rings is 1. The third kappa shape index (κ3) is 3.71. The molecule has 4 nitrogen and oxygen atoms in total. The lowest BCUT2D eigenvalue weighted by Crippen LogP contribution is -2.03. The molecule has 0 aliphatic rings. The standard InChI is InChI=1S/C15H16BrNO3/c1-10(18)13-8-11(16)6-7-14(13)20-9-12-4-3-5-15(17-12)19-2/h3-8,10,18H,9H2,1-2H3. The fourth-order valence-corrected chi connectivity index (χ4v) is 2.16. The minimum Gasteiger partial charge on any atom is -0.487 e. The summed E-state index contributed by atoms with van der Waals surface area (Å²) in [5.41, 5.74) is 1.51. The number of rotatable bonds is 5. The van der Waals surface area contributed by atoms with Crippen LogP contribution in [0.1, 0.15) is 24.3 Å². The maximum Gasteiger partial charge on any atom is 0.213 e. The van der Waals surface area contributed by atoms with Gasteiger partial charge >= 0.3 is 0 Å². The number of aliphatic hydroxyl groups is 1. The van der Waals surface area contributed by atoms with Gasteiger partial charge in [0.1, 0.15) is 12.4 Å². The van der Waals surface area contributed by atoms with Gasteiger partial charge in [-0.25, -0.2) is 4.98 Å². The summed E-state index contributed by atoms with van der Waals surface area (Å²) < 4.78 is 11.7. The average Bonchev–Trinajstić information content (AvgIpc) is 2.46. The first kappa shape index (κ1) is 14.8. The quantitative estimate of drug-likeness (QED) is 0.907. The van der Waals surface area contributed by atoms with Crippen LogP contribution < -0.4 is 9.47 Å². The molecule has 106 valence electrons. The van der Waals surface area contributed by atoms with E-state index in [2.05, 4.69) is 20.9 Å². The Morgan fingerprint density at radius 3 is 2.80 bits per heavy atom. The van der Waals surface area contributed by atoms with Gasteiger partial charge < -0.3 is 14.6 Å². The van der Waals surface area contributed by atoms with Gasteiger partial charge in [0.25, 0.3) is 0 Å². The first-order valence-corrected chi connectivity index (χ1v) is 6.99. The van der Waals surface area contributed by atoms with Gasteiger partial charge in [0.05, 0.1) is 18.9 Å². The van der Waals surface area contributed by atoms with Crippen LogP contribution in [0.5, 0.6) is 11.6 Å². The third-order valence-electron chi connectivity index (χ3n) is 2.79. The lowest BCUT2D eigenvalue weighted by atomic mass is 10.1. The second-order valence-electron chi connectivity index (χ2n) is 4.32. The molecule has 0 amide bonds. The SMILES string of the molecule is COc1cccc(COc2ccc(Br)cc2C(C)O)n1. The largest absolute Gasteiger partial charge is 0.487 e. The zero-order valence-corrected chi connectivity index (χ0v) is 12.9. The molecule has 1 unspecified atom stereocenters. The van der Waals surface area contributed by atoms with Gasteiger partial charge in [0.2, 0.25) is 5.88 Å². The van der Waals surface area contributed by atoms with Crippen LogP contribution in [0.15, 0.2) is 40.9 Å². The zero-order valence-electron chi connectivity index (χ0n) is 11.3. The molecule has 2 rings (SSSR count). The summed E-state index contributed by atoms with van der Waals surface area (Å²) in [6.45, 7) is 2.02. The van der Waals surface area contributed by atoms with Gasteiger partial charge in [-0.15, -0.1) is 0 Å². The van der Waals surface area contributed by atoms with E-state index in [0.29, 0.717) is 18.2 Å². The van der Waals surface area contributed by atoms with Crippen molar-refractivity contribution in [2.75, 3.05) is 7.11 Å². The van der Waals surface area contributed by atoms with E-state index in [0.717, 1.165) is 15.7 Å². The fourth-order valence-electron chi connectivity index (χ4n) is 1.78. The van der Waals surface area contributed by atoms with E-state index in [1.165, 1.54) is 0 Å². The Balaban J connectivity index is 2.14. The van der Waals surface area contributed by atoms with Crippen molar-refractivity contribution in [3.63, 3.8) is 0 Å².